The normalized spacial score (nSPS) is 20.0. The second-order valence-corrected chi connectivity index (χ2v) is 8.13. The van der Waals surface area contributed by atoms with Crippen LogP contribution in [0.3, 0.4) is 0 Å². The van der Waals surface area contributed by atoms with Crippen LogP contribution in [0.15, 0.2) is 42.6 Å². The van der Waals surface area contributed by atoms with E-state index < -0.39 is 6.09 Å². The smallest absolute Gasteiger partial charge is 0.405 e. The van der Waals surface area contributed by atoms with Crippen molar-refractivity contribution in [2.75, 3.05) is 18.0 Å². The first-order valence-electron chi connectivity index (χ1n) is 9.62. The summed E-state index contributed by atoms with van der Waals surface area (Å²) in [6, 6.07) is 11.7. The summed E-state index contributed by atoms with van der Waals surface area (Å²) in [5, 5.41) is 0.403. The Morgan fingerprint density at radius 3 is 2.76 bits per heavy atom. The van der Waals surface area contributed by atoms with Crippen LogP contribution in [0.5, 0.6) is 0 Å². The zero-order valence-electron chi connectivity index (χ0n) is 15.7. The lowest BCUT2D eigenvalue weighted by atomic mass is 9.74. The molecule has 1 saturated heterocycles. The Hall–Kier alpha value is -2.93. The molecule has 5 rings (SSSR count). The minimum Gasteiger partial charge on any atom is -0.441 e. The molecule has 3 heterocycles. The number of primary amides is 1. The molecule has 3 aromatic rings. The van der Waals surface area contributed by atoms with E-state index in [1.807, 2.05) is 24.3 Å². The van der Waals surface area contributed by atoms with Crippen LogP contribution in [0, 0.1) is 5.41 Å². The van der Waals surface area contributed by atoms with Crippen molar-refractivity contribution in [2.24, 2.45) is 11.1 Å². The number of rotatable bonds is 2. The number of ether oxygens (including phenoxy) is 1. The van der Waals surface area contributed by atoms with Gasteiger partial charge in [-0.25, -0.2) is 19.7 Å². The van der Waals surface area contributed by atoms with Crippen LogP contribution in [-0.2, 0) is 11.2 Å². The Morgan fingerprint density at radius 2 is 1.97 bits per heavy atom. The molecule has 0 radical (unpaired) electrons. The predicted molar refractivity (Wildman–Crippen MR) is 110 cm³/mol. The molecule has 1 aliphatic heterocycles. The number of pyridine rings is 1. The number of nitrogens with zero attached hydrogens (tertiary/aromatic N) is 4. The number of aromatic nitrogens is 3. The van der Waals surface area contributed by atoms with Gasteiger partial charge in [-0.15, -0.1) is 0 Å². The third-order valence-corrected chi connectivity index (χ3v) is 6.32. The summed E-state index contributed by atoms with van der Waals surface area (Å²) in [7, 11) is 0. The highest BCUT2D eigenvalue weighted by molar-refractivity contribution is 6.29. The van der Waals surface area contributed by atoms with Crippen LogP contribution in [0.1, 0.15) is 30.1 Å². The van der Waals surface area contributed by atoms with Gasteiger partial charge in [0.15, 0.2) is 5.65 Å². The molecule has 0 saturated carbocycles. The summed E-state index contributed by atoms with van der Waals surface area (Å²) in [4.78, 5) is 27.1. The van der Waals surface area contributed by atoms with E-state index in [1.54, 1.807) is 12.3 Å². The second kappa shape index (κ2) is 6.84. The number of carbonyl (C=O) groups is 1. The number of nitrogens with two attached hydrogens (primary N) is 1. The highest BCUT2D eigenvalue weighted by atomic mass is 35.5. The molecule has 29 heavy (non-hydrogen) atoms. The van der Waals surface area contributed by atoms with Gasteiger partial charge in [-0.2, -0.15) is 0 Å². The largest absolute Gasteiger partial charge is 0.441 e. The quantitative estimate of drug-likeness (QED) is 0.649. The van der Waals surface area contributed by atoms with Crippen molar-refractivity contribution in [3.05, 3.63) is 58.9 Å². The summed E-state index contributed by atoms with van der Waals surface area (Å²) in [6.07, 6.45) is 3.36. The van der Waals surface area contributed by atoms with Gasteiger partial charge in [0, 0.05) is 18.5 Å². The number of hydrogen-bond donors (Lipinski definition) is 1. The minimum atomic E-state index is -0.722. The average molecular weight is 410 g/mol. The molecule has 1 amide bonds. The van der Waals surface area contributed by atoms with E-state index in [1.165, 1.54) is 5.56 Å². The first kappa shape index (κ1) is 18.1. The number of piperidine rings is 1. The monoisotopic (exact) mass is 409 g/mol. The maximum absolute atomic E-state index is 11.6. The molecule has 2 aliphatic rings. The number of benzene rings is 1. The third-order valence-electron chi connectivity index (χ3n) is 6.11. The summed E-state index contributed by atoms with van der Waals surface area (Å²) < 4.78 is 5.61. The lowest BCUT2D eigenvalue weighted by Gasteiger charge is -2.42. The number of anilines is 1. The molecule has 7 nitrogen and oxygen atoms in total. The molecule has 1 fully saturated rings. The van der Waals surface area contributed by atoms with E-state index in [4.69, 9.17) is 27.1 Å². The summed E-state index contributed by atoms with van der Waals surface area (Å²) in [6.45, 7) is 1.60. The number of carbonyl (C=O) groups excluding carboxylic acids is 1. The van der Waals surface area contributed by atoms with Crippen LogP contribution < -0.4 is 10.6 Å². The molecule has 8 heteroatoms. The van der Waals surface area contributed by atoms with Gasteiger partial charge >= 0.3 is 6.09 Å². The Bertz CT molecular complexity index is 1100. The van der Waals surface area contributed by atoms with Gasteiger partial charge in [0.2, 0.25) is 0 Å². The Morgan fingerprint density at radius 1 is 1.17 bits per heavy atom. The highest BCUT2D eigenvalue weighted by Gasteiger charge is 2.49. The fraction of sp³-hybridized carbons (Fsp3) is 0.333. The van der Waals surface area contributed by atoms with Crippen LogP contribution in [0.25, 0.3) is 11.2 Å². The van der Waals surface area contributed by atoms with Gasteiger partial charge in [-0.3, -0.25) is 0 Å². The van der Waals surface area contributed by atoms with Gasteiger partial charge in [-0.05, 0) is 42.5 Å². The molecule has 2 aromatic heterocycles. The molecule has 1 spiro atoms. The van der Waals surface area contributed by atoms with Gasteiger partial charge in [0.05, 0.1) is 6.20 Å². The molecule has 2 N–H and O–H groups in total. The van der Waals surface area contributed by atoms with E-state index in [2.05, 4.69) is 20.9 Å². The Labute approximate surface area is 172 Å². The summed E-state index contributed by atoms with van der Waals surface area (Å²) in [5.74, 6) is 0.819. The number of hydrogen-bond acceptors (Lipinski definition) is 6. The van der Waals surface area contributed by atoms with Crippen LogP contribution in [-0.4, -0.2) is 34.1 Å². The zero-order valence-corrected chi connectivity index (χ0v) is 16.5. The number of halogens is 1. The van der Waals surface area contributed by atoms with E-state index in [0.717, 1.165) is 49.2 Å². The van der Waals surface area contributed by atoms with Gasteiger partial charge < -0.3 is 15.4 Å². The number of amides is 1. The molecule has 1 atom stereocenters. The van der Waals surface area contributed by atoms with Crippen LogP contribution in [0.4, 0.5) is 10.6 Å². The zero-order chi connectivity index (χ0) is 20.0. The van der Waals surface area contributed by atoms with E-state index in [-0.39, 0.29) is 11.5 Å². The van der Waals surface area contributed by atoms with Crippen LogP contribution in [0.2, 0.25) is 5.15 Å². The molecule has 0 unspecified atom stereocenters. The molecule has 148 valence electrons. The lowest BCUT2D eigenvalue weighted by Crippen LogP contribution is -2.44. The van der Waals surface area contributed by atoms with Crippen molar-refractivity contribution in [3.8, 4) is 0 Å². The van der Waals surface area contributed by atoms with Crippen molar-refractivity contribution in [1.29, 1.82) is 0 Å². The van der Waals surface area contributed by atoms with Crippen molar-refractivity contribution in [3.63, 3.8) is 0 Å². The standard InChI is InChI=1S/C21H20ClN5O2/c22-16-6-5-15-19(26-16)24-12-17(25-15)27-9-7-21(8-10-27)11-13-3-1-2-4-14(13)18(21)29-20(23)28/h1-6,12,18H,7-11H2,(H2,23,28)/t18-/m1/s1. The molecular formula is C21H20ClN5O2. The minimum absolute atomic E-state index is 0.130. The maximum atomic E-state index is 11.6. The van der Waals surface area contributed by atoms with Gasteiger partial charge in [0.25, 0.3) is 0 Å². The highest BCUT2D eigenvalue weighted by Crippen LogP contribution is 2.54. The maximum Gasteiger partial charge on any atom is 0.405 e. The second-order valence-electron chi connectivity index (χ2n) is 7.75. The molecule has 0 bridgehead atoms. The molecule has 1 aromatic carbocycles. The Balaban J connectivity index is 1.39. The fourth-order valence-corrected chi connectivity index (χ4v) is 4.84. The first-order chi connectivity index (χ1) is 14.0. The molecule has 1 aliphatic carbocycles. The van der Waals surface area contributed by atoms with Crippen molar-refractivity contribution in [1.82, 2.24) is 15.0 Å². The van der Waals surface area contributed by atoms with Gasteiger partial charge in [-0.1, -0.05) is 35.9 Å². The lowest BCUT2D eigenvalue weighted by molar-refractivity contribution is 0.00417. The number of fused-ring (bicyclic) bond motifs is 2. The summed E-state index contributed by atoms with van der Waals surface area (Å²) >= 11 is 5.93. The van der Waals surface area contributed by atoms with Crippen molar-refractivity contribution in [2.45, 2.75) is 25.4 Å². The van der Waals surface area contributed by atoms with Crippen LogP contribution >= 0.6 is 11.6 Å². The fourth-order valence-electron chi connectivity index (χ4n) is 4.70. The van der Waals surface area contributed by atoms with Gasteiger partial charge in [0.1, 0.15) is 22.6 Å². The predicted octanol–water partition coefficient (Wildman–Crippen LogP) is 3.66. The molecular weight excluding hydrogens is 390 g/mol. The first-order valence-corrected chi connectivity index (χ1v) is 10.0. The average Bonchev–Trinajstić information content (AvgIpc) is 3.00. The van der Waals surface area contributed by atoms with E-state index in [0.29, 0.717) is 10.8 Å². The topological polar surface area (TPSA) is 94.2 Å². The van der Waals surface area contributed by atoms with E-state index in [9.17, 15) is 4.79 Å². The van der Waals surface area contributed by atoms with E-state index >= 15 is 0 Å². The summed E-state index contributed by atoms with van der Waals surface area (Å²) in [5.41, 5.74) is 8.84. The Kier molecular flexibility index (Phi) is 4.28. The SMILES string of the molecule is NC(=O)O[C@@H]1c2ccccc2CC12CCN(c1cnc3nc(Cl)ccc3n1)CC2. The van der Waals surface area contributed by atoms with Crippen molar-refractivity contribution >= 4 is 34.7 Å². The van der Waals surface area contributed by atoms with Crippen molar-refractivity contribution < 1.29 is 9.53 Å². The third kappa shape index (κ3) is 3.15.